The van der Waals surface area contributed by atoms with Gasteiger partial charge in [-0.25, -0.2) is 0 Å². The predicted molar refractivity (Wildman–Crippen MR) is 66.0 cm³/mol. The molecule has 3 nitrogen and oxygen atoms in total. The van der Waals surface area contributed by atoms with Crippen LogP contribution >= 0.6 is 0 Å². The molecule has 1 aromatic rings. The molecule has 1 saturated heterocycles. The Bertz CT molecular complexity index is 407. The van der Waals surface area contributed by atoms with E-state index in [1.54, 1.807) is 0 Å². The molecule has 2 aliphatic heterocycles. The van der Waals surface area contributed by atoms with Gasteiger partial charge in [0.1, 0.15) is 11.9 Å². The lowest BCUT2D eigenvalue weighted by atomic mass is 9.94. The number of hydrogen-bond donors (Lipinski definition) is 1. The van der Waals surface area contributed by atoms with Crippen molar-refractivity contribution in [1.82, 2.24) is 0 Å². The fourth-order valence-corrected chi connectivity index (χ4v) is 2.82. The minimum atomic E-state index is 0.0736. The summed E-state index contributed by atoms with van der Waals surface area (Å²) in [7, 11) is 0. The Morgan fingerprint density at radius 3 is 2.76 bits per heavy atom. The largest absolute Gasteiger partial charge is 0.487 e. The second kappa shape index (κ2) is 4.31. The van der Waals surface area contributed by atoms with Crippen molar-refractivity contribution in [3.8, 4) is 5.75 Å². The molecule has 1 fully saturated rings. The highest BCUT2D eigenvalue weighted by atomic mass is 16.6. The van der Waals surface area contributed by atoms with Crippen LogP contribution in [0.4, 0.5) is 0 Å². The molecule has 1 aromatic carbocycles. The number of nitrogens with two attached hydrogens (primary N) is 1. The van der Waals surface area contributed by atoms with Crippen LogP contribution in [-0.2, 0) is 4.74 Å². The molecule has 0 amide bonds. The summed E-state index contributed by atoms with van der Waals surface area (Å²) in [6.07, 6.45) is 3.75. The summed E-state index contributed by atoms with van der Waals surface area (Å²) >= 11 is 0. The van der Waals surface area contributed by atoms with Gasteiger partial charge in [0.05, 0.1) is 12.2 Å². The molecule has 3 rings (SSSR count). The third-order valence-corrected chi connectivity index (χ3v) is 3.76. The predicted octanol–water partition coefficient (Wildman–Crippen LogP) is 2.41. The smallest absolute Gasteiger partial charge is 0.127 e. The average molecular weight is 233 g/mol. The van der Waals surface area contributed by atoms with Gasteiger partial charge in [-0.15, -0.1) is 0 Å². The Kier molecular flexibility index (Phi) is 2.81. The molecule has 0 radical (unpaired) electrons. The van der Waals surface area contributed by atoms with Gasteiger partial charge in [0.25, 0.3) is 0 Å². The molecule has 0 saturated carbocycles. The molecule has 0 bridgehead atoms. The maximum absolute atomic E-state index is 6.20. The molecule has 0 spiro atoms. The summed E-state index contributed by atoms with van der Waals surface area (Å²) in [5.41, 5.74) is 7.32. The van der Waals surface area contributed by atoms with Crippen molar-refractivity contribution in [2.45, 2.75) is 50.5 Å². The molecule has 2 aliphatic rings. The first kappa shape index (κ1) is 11.1. The number of benzene rings is 1. The van der Waals surface area contributed by atoms with Crippen molar-refractivity contribution in [3.63, 3.8) is 0 Å². The van der Waals surface area contributed by atoms with E-state index in [-0.39, 0.29) is 18.2 Å². The first-order chi connectivity index (χ1) is 8.24. The van der Waals surface area contributed by atoms with Gasteiger partial charge in [-0.1, -0.05) is 18.2 Å². The highest BCUT2D eigenvalue weighted by Crippen LogP contribution is 2.37. The lowest BCUT2D eigenvalue weighted by Gasteiger charge is -2.33. The summed E-state index contributed by atoms with van der Waals surface area (Å²) < 4.78 is 11.9. The summed E-state index contributed by atoms with van der Waals surface area (Å²) in [4.78, 5) is 0. The first-order valence-electron chi connectivity index (χ1n) is 6.40. The van der Waals surface area contributed by atoms with Gasteiger partial charge in [0.15, 0.2) is 0 Å². The normalized spacial score (nSPS) is 36.4. The molecule has 4 unspecified atom stereocenters. The average Bonchev–Trinajstić information content (AvgIpc) is 2.76. The van der Waals surface area contributed by atoms with E-state index in [4.69, 9.17) is 15.2 Å². The first-order valence-corrected chi connectivity index (χ1v) is 6.40. The molecule has 17 heavy (non-hydrogen) atoms. The lowest BCUT2D eigenvalue weighted by molar-refractivity contribution is -0.0281. The molecule has 92 valence electrons. The van der Waals surface area contributed by atoms with E-state index in [1.807, 2.05) is 24.3 Å². The van der Waals surface area contributed by atoms with Gasteiger partial charge in [0.2, 0.25) is 0 Å². The van der Waals surface area contributed by atoms with E-state index >= 15 is 0 Å². The third-order valence-electron chi connectivity index (χ3n) is 3.76. The monoisotopic (exact) mass is 233 g/mol. The van der Waals surface area contributed by atoms with E-state index < -0.39 is 0 Å². The Balaban J connectivity index is 1.79. The third kappa shape index (κ3) is 2.05. The van der Waals surface area contributed by atoms with Gasteiger partial charge in [-0.2, -0.15) is 0 Å². The van der Waals surface area contributed by atoms with E-state index in [9.17, 15) is 0 Å². The van der Waals surface area contributed by atoms with Crippen LogP contribution in [0.1, 0.15) is 37.8 Å². The zero-order chi connectivity index (χ0) is 11.8. The van der Waals surface area contributed by atoms with Crippen molar-refractivity contribution in [3.05, 3.63) is 29.8 Å². The zero-order valence-electron chi connectivity index (χ0n) is 10.1. The lowest BCUT2D eigenvalue weighted by Crippen LogP contribution is -2.38. The summed E-state index contributed by atoms with van der Waals surface area (Å²) in [5.74, 6) is 0.930. The highest BCUT2D eigenvalue weighted by Gasteiger charge is 2.35. The minimum absolute atomic E-state index is 0.0736. The summed E-state index contributed by atoms with van der Waals surface area (Å²) in [5, 5.41) is 0. The van der Waals surface area contributed by atoms with Gasteiger partial charge >= 0.3 is 0 Å². The fourth-order valence-electron chi connectivity index (χ4n) is 2.82. The Morgan fingerprint density at radius 2 is 2.00 bits per heavy atom. The number of ether oxygens (including phenoxy) is 2. The van der Waals surface area contributed by atoms with Crippen LogP contribution in [0, 0.1) is 0 Å². The van der Waals surface area contributed by atoms with Crippen molar-refractivity contribution in [2.24, 2.45) is 5.73 Å². The highest BCUT2D eigenvalue weighted by molar-refractivity contribution is 5.37. The number of rotatable bonds is 1. The van der Waals surface area contributed by atoms with E-state index in [0.717, 1.165) is 30.6 Å². The topological polar surface area (TPSA) is 44.5 Å². The maximum atomic E-state index is 6.20. The Labute approximate surface area is 102 Å². The molecular weight excluding hydrogens is 214 g/mol. The van der Waals surface area contributed by atoms with Crippen LogP contribution in [0.25, 0.3) is 0 Å². The molecule has 4 atom stereocenters. The van der Waals surface area contributed by atoms with Crippen molar-refractivity contribution >= 4 is 0 Å². The molecule has 2 heterocycles. The van der Waals surface area contributed by atoms with E-state index in [2.05, 4.69) is 6.92 Å². The van der Waals surface area contributed by atoms with E-state index in [1.165, 1.54) is 0 Å². The van der Waals surface area contributed by atoms with Crippen LogP contribution < -0.4 is 10.5 Å². The molecule has 2 N–H and O–H groups in total. The van der Waals surface area contributed by atoms with Gasteiger partial charge in [-0.3, -0.25) is 0 Å². The Hall–Kier alpha value is -1.06. The number of para-hydroxylation sites is 1. The summed E-state index contributed by atoms with van der Waals surface area (Å²) in [6, 6.07) is 8.13. The molecule has 0 aliphatic carbocycles. The fraction of sp³-hybridized carbons (Fsp3) is 0.571. The van der Waals surface area contributed by atoms with Crippen molar-refractivity contribution < 1.29 is 9.47 Å². The van der Waals surface area contributed by atoms with Crippen LogP contribution in [-0.4, -0.2) is 18.3 Å². The summed E-state index contributed by atoms with van der Waals surface area (Å²) in [6.45, 7) is 2.12. The van der Waals surface area contributed by atoms with Crippen LogP contribution in [0.2, 0.25) is 0 Å². The molecule has 0 aromatic heterocycles. The van der Waals surface area contributed by atoms with Crippen molar-refractivity contribution in [2.75, 3.05) is 0 Å². The Morgan fingerprint density at radius 1 is 1.18 bits per heavy atom. The zero-order valence-corrected chi connectivity index (χ0v) is 10.1. The van der Waals surface area contributed by atoms with Crippen molar-refractivity contribution in [1.29, 1.82) is 0 Å². The second-order valence-electron chi connectivity index (χ2n) is 5.10. The van der Waals surface area contributed by atoms with Gasteiger partial charge < -0.3 is 15.2 Å². The SMILES string of the molecule is CC1CCC(C2CC(N)c3ccccc3O2)O1. The quantitative estimate of drug-likeness (QED) is 0.810. The van der Waals surface area contributed by atoms with Gasteiger partial charge in [-0.05, 0) is 25.8 Å². The van der Waals surface area contributed by atoms with Crippen LogP contribution in [0.15, 0.2) is 24.3 Å². The van der Waals surface area contributed by atoms with Crippen LogP contribution in [0.5, 0.6) is 5.75 Å². The number of fused-ring (bicyclic) bond motifs is 1. The standard InChI is InChI=1S/C14H19NO2/c1-9-6-7-13(16-9)14-8-11(15)10-4-2-3-5-12(10)17-14/h2-5,9,11,13-14H,6-8,15H2,1H3. The molecule has 3 heteroatoms. The van der Waals surface area contributed by atoms with Gasteiger partial charge in [0, 0.05) is 18.0 Å². The number of hydrogen-bond acceptors (Lipinski definition) is 3. The van der Waals surface area contributed by atoms with E-state index in [0.29, 0.717) is 6.10 Å². The molecular formula is C14H19NO2. The maximum Gasteiger partial charge on any atom is 0.127 e. The van der Waals surface area contributed by atoms with Crippen LogP contribution in [0.3, 0.4) is 0 Å². The second-order valence-corrected chi connectivity index (χ2v) is 5.10. The minimum Gasteiger partial charge on any atom is -0.487 e.